The molecule has 3 heteroatoms. The first-order valence-electron chi connectivity index (χ1n) is 12.5. The topological polar surface area (TPSA) is 38.9 Å². The van der Waals surface area contributed by atoms with E-state index in [0.717, 1.165) is 44.3 Å². The van der Waals surface area contributed by atoms with Gasteiger partial charge in [-0.2, -0.15) is 0 Å². The molecule has 9 aromatic rings. The van der Waals surface area contributed by atoms with Crippen LogP contribution in [0.1, 0.15) is 0 Å². The van der Waals surface area contributed by atoms with E-state index in [1.165, 1.54) is 37.7 Å². The van der Waals surface area contributed by atoms with E-state index in [2.05, 4.69) is 78.9 Å². The number of nitrogens with zero attached hydrogens (tertiary/aromatic N) is 2. The summed E-state index contributed by atoms with van der Waals surface area (Å²) in [4.78, 5) is 10.2. The Bertz CT molecular complexity index is 2300. The van der Waals surface area contributed by atoms with Gasteiger partial charge in [-0.15, -0.1) is 0 Å². The predicted molar refractivity (Wildman–Crippen MR) is 153 cm³/mol. The van der Waals surface area contributed by atoms with Crippen LogP contribution in [0.2, 0.25) is 0 Å². The number of furan rings is 1. The SMILES string of the molecule is c1ccc(-c2nc(-c3ccc4c5cccc6ccc7ccc8oc3c4c8c7c65)nc3ccccc23)cc1. The Labute approximate surface area is 211 Å². The van der Waals surface area contributed by atoms with Gasteiger partial charge in [0.05, 0.1) is 16.8 Å². The van der Waals surface area contributed by atoms with Crippen LogP contribution in [0.5, 0.6) is 0 Å². The summed E-state index contributed by atoms with van der Waals surface area (Å²) in [6, 6.07) is 38.2. The summed E-state index contributed by atoms with van der Waals surface area (Å²) in [5, 5.41) is 10.9. The van der Waals surface area contributed by atoms with E-state index in [1.807, 2.05) is 30.3 Å². The molecule has 0 aliphatic carbocycles. The van der Waals surface area contributed by atoms with Crippen molar-refractivity contribution in [3.8, 4) is 22.6 Å². The van der Waals surface area contributed by atoms with Gasteiger partial charge in [-0.05, 0) is 45.1 Å². The zero-order chi connectivity index (χ0) is 24.1. The lowest BCUT2D eigenvalue weighted by Gasteiger charge is -2.13. The molecule has 9 rings (SSSR count). The molecule has 2 heterocycles. The minimum atomic E-state index is 0.677. The molecule has 0 bridgehead atoms. The highest BCUT2D eigenvalue weighted by Gasteiger charge is 2.23. The Morgan fingerprint density at radius 3 is 2.16 bits per heavy atom. The molecule has 0 amide bonds. The zero-order valence-corrected chi connectivity index (χ0v) is 19.7. The number of fused-ring (bicyclic) bond motifs is 2. The van der Waals surface area contributed by atoms with Crippen molar-refractivity contribution in [2.45, 2.75) is 0 Å². The van der Waals surface area contributed by atoms with Crippen molar-refractivity contribution >= 4 is 65.2 Å². The highest BCUT2D eigenvalue weighted by atomic mass is 16.3. The first-order valence-corrected chi connectivity index (χ1v) is 12.5. The van der Waals surface area contributed by atoms with Crippen molar-refractivity contribution in [1.82, 2.24) is 9.97 Å². The molecule has 0 fully saturated rings. The zero-order valence-electron chi connectivity index (χ0n) is 19.7. The van der Waals surface area contributed by atoms with Crippen molar-refractivity contribution in [2.24, 2.45) is 0 Å². The van der Waals surface area contributed by atoms with Gasteiger partial charge in [0.15, 0.2) is 5.82 Å². The molecule has 0 saturated heterocycles. The average molecular weight is 471 g/mol. The first kappa shape index (κ1) is 19.2. The molecule has 0 spiro atoms. The summed E-state index contributed by atoms with van der Waals surface area (Å²) in [6.45, 7) is 0. The quantitative estimate of drug-likeness (QED) is 0.187. The number of hydrogen-bond donors (Lipinski definition) is 0. The van der Waals surface area contributed by atoms with Crippen LogP contribution in [0.25, 0.3) is 87.8 Å². The van der Waals surface area contributed by atoms with Crippen LogP contribution in [-0.2, 0) is 0 Å². The van der Waals surface area contributed by atoms with Crippen molar-refractivity contribution in [3.63, 3.8) is 0 Å². The van der Waals surface area contributed by atoms with Gasteiger partial charge in [0.25, 0.3) is 0 Å². The third-order valence-electron chi connectivity index (χ3n) is 7.79. The van der Waals surface area contributed by atoms with E-state index in [-0.39, 0.29) is 0 Å². The lowest BCUT2D eigenvalue weighted by atomic mass is 9.89. The average Bonchev–Trinajstić information content (AvgIpc) is 3.36. The van der Waals surface area contributed by atoms with Crippen LogP contribution in [0, 0.1) is 0 Å². The fourth-order valence-corrected chi connectivity index (χ4v) is 6.19. The van der Waals surface area contributed by atoms with Crippen molar-refractivity contribution in [2.75, 3.05) is 0 Å². The van der Waals surface area contributed by atoms with E-state index in [0.29, 0.717) is 5.82 Å². The number of hydrogen-bond acceptors (Lipinski definition) is 3. The number of benzene rings is 7. The largest absolute Gasteiger partial charge is 0.455 e. The number of aromatic nitrogens is 2. The van der Waals surface area contributed by atoms with Crippen LogP contribution in [0.15, 0.2) is 114 Å². The van der Waals surface area contributed by atoms with E-state index in [1.54, 1.807) is 0 Å². The van der Waals surface area contributed by atoms with Crippen LogP contribution >= 0.6 is 0 Å². The lowest BCUT2D eigenvalue weighted by Crippen LogP contribution is -1.95. The standard InChI is InChI=1S/C34H18N2O/c1-2-7-21(8-3-1)32-24-10-4-5-12-26(24)35-34(36-32)25-17-16-23-22-11-6-9-19-13-14-20-15-18-27-31(29(20)28(19)22)30(23)33(25)37-27/h1-18H. The highest BCUT2D eigenvalue weighted by Crippen LogP contribution is 2.48. The van der Waals surface area contributed by atoms with Crippen molar-refractivity contribution < 1.29 is 4.42 Å². The van der Waals surface area contributed by atoms with Gasteiger partial charge in [-0.3, -0.25) is 0 Å². The van der Waals surface area contributed by atoms with Gasteiger partial charge in [0, 0.05) is 27.1 Å². The molecule has 2 aromatic heterocycles. The third kappa shape index (κ3) is 2.45. The summed E-state index contributed by atoms with van der Waals surface area (Å²) >= 11 is 0. The Morgan fingerprint density at radius 2 is 1.24 bits per heavy atom. The molecule has 0 saturated carbocycles. The van der Waals surface area contributed by atoms with Crippen molar-refractivity contribution in [1.29, 1.82) is 0 Å². The van der Waals surface area contributed by atoms with Crippen LogP contribution in [0.3, 0.4) is 0 Å². The molecule has 0 radical (unpaired) electrons. The maximum absolute atomic E-state index is 6.64. The third-order valence-corrected chi connectivity index (χ3v) is 7.79. The molecular weight excluding hydrogens is 452 g/mol. The fraction of sp³-hybridized carbons (Fsp3) is 0. The van der Waals surface area contributed by atoms with Gasteiger partial charge in [0.2, 0.25) is 0 Å². The minimum Gasteiger partial charge on any atom is -0.455 e. The molecule has 0 aliphatic heterocycles. The van der Waals surface area contributed by atoms with Gasteiger partial charge < -0.3 is 4.42 Å². The monoisotopic (exact) mass is 470 g/mol. The highest BCUT2D eigenvalue weighted by molar-refractivity contribution is 6.39. The van der Waals surface area contributed by atoms with Gasteiger partial charge in [-0.1, -0.05) is 91.0 Å². The van der Waals surface area contributed by atoms with E-state index in [4.69, 9.17) is 14.4 Å². The summed E-state index contributed by atoms with van der Waals surface area (Å²) < 4.78 is 6.64. The maximum Gasteiger partial charge on any atom is 0.164 e. The molecular formula is C34H18N2O. The normalized spacial score (nSPS) is 12.3. The maximum atomic E-state index is 6.64. The number of rotatable bonds is 2. The van der Waals surface area contributed by atoms with Crippen LogP contribution in [0.4, 0.5) is 0 Å². The lowest BCUT2D eigenvalue weighted by molar-refractivity contribution is 0.670. The smallest absolute Gasteiger partial charge is 0.164 e. The van der Waals surface area contributed by atoms with Gasteiger partial charge in [-0.25, -0.2) is 9.97 Å². The van der Waals surface area contributed by atoms with Crippen molar-refractivity contribution in [3.05, 3.63) is 109 Å². The minimum absolute atomic E-state index is 0.677. The Balaban J connectivity index is 1.44. The first-order chi connectivity index (χ1) is 18.3. The molecule has 0 aliphatic rings. The van der Waals surface area contributed by atoms with Crippen LogP contribution < -0.4 is 0 Å². The molecule has 0 N–H and O–H groups in total. The van der Waals surface area contributed by atoms with E-state index >= 15 is 0 Å². The molecule has 3 nitrogen and oxygen atoms in total. The second-order valence-electron chi connectivity index (χ2n) is 9.75. The van der Waals surface area contributed by atoms with E-state index < -0.39 is 0 Å². The summed E-state index contributed by atoms with van der Waals surface area (Å²) in [6.07, 6.45) is 0. The second kappa shape index (κ2) is 6.80. The molecule has 0 unspecified atom stereocenters. The number of para-hydroxylation sites is 1. The fourth-order valence-electron chi connectivity index (χ4n) is 6.19. The summed E-state index contributed by atoms with van der Waals surface area (Å²) in [5.74, 6) is 0.677. The van der Waals surface area contributed by atoms with Crippen LogP contribution in [-0.4, -0.2) is 9.97 Å². The Hall–Kier alpha value is -5.02. The second-order valence-corrected chi connectivity index (χ2v) is 9.75. The molecule has 37 heavy (non-hydrogen) atoms. The molecule has 7 aromatic carbocycles. The summed E-state index contributed by atoms with van der Waals surface area (Å²) in [7, 11) is 0. The van der Waals surface area contributed by atoms with Gasteiger partial charge >= 0.3 is 0 Å². The Kier molecular flexibility index (Phi) is 3.53. The summed E-state index contributed by atoms with van der Waals surface area (Å²) in [5.41, 5.74) is 5.59. The van der Waals surface area contributed by atoms with E-state index in [9.17, 15) is 0 Å². The van der Waals surface area contributed by atoms with Gasteiger partial charge in [0.1, 0.15) is 11.2 Å². The Morgan fingerprint density at radius 1 is 0.486 bits per heavy atom. The molecule has 170 valence electrons. The molecule has 0 atom stereocenters. The predicted octanol–water partition coefficient (Wildman–Crippen LogP) is 9.20.